The maximum absolute atomic E-state index is 12.2. The van der Waals surface area contributed by atoms with Crippen LogP contribution in [0.4, 0.5) is 0 Å². The Morgan fingerprint density at radius 3 is 2.33 bits per heavy atom. The van der Waals surface area contributed by atoms with E-state index in [-0.39, 0.29) is 28.4 Å². The van der Waals surface area contributed by atoms with E-state index in [0.717, 1.165) is 17.5 Å². The van der Waals surface area contributed by atoms with E-state index in [4.69, 9.17) is 5.14 Å². The monoisotopic (exact) mass is 346 g/mol. The molecular weight excluding hydrogens is 328 g/mol. The third-order valence-corrected chi connectivity index (χ3v) is 5.10. The Balaban J connectivity index is 1.54. The fourth-order valence-electron chi connectivity index (χ4n) is 2.69. The molecule has 0 aliphatic heterocycles. The lowest BCUT2D eigenvalue weighted by atomic mass is 10.1. The van der Waals surface area contributed by atoms with E-state index in [2.05, 4.69) is 5.32 Å². The number of carbonyl (C=O) groups is 1. The topological polar surface area (TPSA) is 109 Å². The van der Waals surface area contributed by atoms with Crippen molar-refractivity contribution in [3.63, 3.8) is 0 Å². The molecule has 7 heteroatoms. The summed E-state index contributed by atoms with van der Waals surface area (Å²) < 4.78 is 22.4. The summed E-state index contributed by atoms with van der Waals surface area (Å²) in [5, 5.41) is 17.2. The number of carbonyl (C=O) groups excluding carboxylic acids is 1. The van der Waals surface area contributed by atoms with Gasteiger partial charge in [-0.05, 0) is 47.7 Å². The highest BCUT2D eigenvalue weighted by Crippen LogP contribution is 2.47. The number of rotatable bonds is 5. The molecule has 2 aromatic carbocycles. The van der Waals surface area contributed by atoms with E-state index in [9.17, 15) is 18.3 Å². The molecule has 4 N–H and O–H groups in total. The zero-order chi connectivity index (χ0) is 17.3. The van der Waals surface area contributed by atoms with E-state index in [1.54, 1.807) is 24.3 Å². The average molecular weight is 346 g/mol. The second kappa shape index (κ2) is 6.26. The zero-order valence-corrected chi connectivity index (χ0v) is 13.7. The fourth-order valence-corrected chi connectivity index (χ4v) is 3.21. The van der Waals surface area contributed by atoms with Gasteiger partial charge >= 0.3 is 0 Å². The standard InChI is InChI=1S/C17H18N2O4S/c18-24(22,23)14-7-1-11(2-8-14)10-19-17(21)16-9-15(16)12-3-5-13(20)6-4-12/h1-8,15-16,20H,9-10H2,(H,19,21)(H2,18,22,23). The van der Waals surface area contributed by atoms with Crippen molar-refractivity contribution in [2.24, 2.45) is 11.1 Å². The van der Waals surface area contributed by atoms with Crippen LogP contribution >= 0.6 is 0 Å². The minimum atomic E-state index is -3.70. The molecule has 1 saturated carbocycles. The first-order valence-electron chi connectivity index (χ1n) is 7.53. The SMILES string of the molecule is NS(=O)(=O)c1ccc(CNC(=O)C2CC2c2ccc(O)cc2)cc1. The predicted octanol–water partition coefficient (Wildman–Crippen LogP) is 1.46. The van der Waals surface area contributed by atoms with Crippen LogP contribution < -0.4 is 10.5 Å². The maximum atomic E-state index is 12.2. The van der Waals surface area contributed by atoms with Gasteiger partial charge < -0.3 is 10.4 Å². The number of hydrogen-bond donors (Lipinski definition) is 3. The van der Waals surface area contributed by atoms with Crippen molar-refractivity contribution in [1.82, 2.24) is 5.32 Å². The molecule has 1 fully saturated rings. The van der Waals surface area contributed by atoms with Crippen molar-refractivity contribution in [3.05, 3.63) is 59.7 Å². The summed E-state index contributed by atoms with van der Waals surface area (Å²) in [6.07, 6.45) is 0.793. The second-order valence-corrected chi connectivity index (χ2v) is 7.51. The molecule has 0 spiro atoms. The van der Waals surface area contributed by atoms with Crippen LogP contribution in [0.2, 0.25) is 0 Å². The number of nitrogens with one attached hydrogen (secondary N) is 1. The molecule has 2 aromatic rings. The van der Waals surface area contributed by atoms with Gasteiger partial charge in [-0.2, -0.15) is 0 Å². The van der Waals surface area contributed by atoms with Crippen LogP contribution in [0.5, 0.6) is 5.75 Å². The number of sulfonamides is 1. The second-order valence-electron chi connectivity index (χ2n) is 5.95. The Morgan fingerprint density at radius 2 is 1.75 bits per heavy atom. The van der Waals surface area contributed by atoms with Crippen LogP contribution in [0, 0.1) is 5.92 Å². The first-order chi connectivity index (χ1) is 11.3. The third kappa shape index (κ3) is 3.74. The van der Waals surface area contributed by atoms with E-state index in [1.165, 1.54) is 12.1 Å². The van der Waals surface area contributed by atoms with Crippen LogP contribution in [-0.2, 0) is 21.4 Å². The van der Waals surface area contributed by atoms with E-state index in [1.807, 2.05) is 12.1 Å². The Kier molecular flexibility index (Phi) is 4.29. The Bertz CT molecular complexity index is 845. The summed E-state index contributed by atoms with van der Waals surface area (Å²) in [5.41, 5.74) is 1.85. The predicted molar refractivity (Wildman–Crippen MR) is 88.6 cm³/mol. The molecule has 0 heterocycles. The van der Waals surface area contributed by atoms with Gasteiger partial charge in [0.25, 0.3) is 0 Å². The van der Waals surface area contributed by atoms with Gasteiger partial charge in [0.05, 0.1) is 4.90 Å². The average Bonchev–Trinajstić information content (AvgIpc) is 3.33. The number of phenolic OH excluding ortho intramolecular Hbond substituents is 1. The third-order valence-electron chi connectivity index (χ3n) is 4.17. The molecule has 0 saturated heterocycles. The van der Waals surface area contributed by atoms with Crippen molar-refractivity contribution in [1.29, 1.82) is 0 Å². The number of aromatic hydroxyl groups is 1. The summed E-state index contributed by atoms with van der Waals surface area (Å²) >= 11 is 0. The highest BCUT2D eigenvalue weighted by Gasteiger charge is 2.43. The molecule has 0 radical (unpaired) electrons. The van der Waals surface area contributed by atoms with Crippen molar-refractivity contribution in [2.75, 3.05) is 0 Å². The summed E-state index contributed by atoms with van der Waals surface area (Å²) in [6.45, 7) is 0.336. The molecule has 0 bridgehead atoms. The van der Waals surface area contributed by atoms with Crippen LogP contribution in [0.15, 0.2) is 53.4 Å². The van der Waals surface area contributed by atoms with Gasteiger partial charge in [-0.3, -0.25) is 4.79 Å². The molecule has 126 valence electrons. The Labute approximate surface area is 140 Å². The fraction of sp³-hybridized carbons (Fsp3) is 0.235. The molecule has 3 rings (SSSR count). The van der Waals surface area contributed by atoms with Crippen molar-refractivity contribution >= 4 is 15.9 Å². The molecule has 2 unspecified atom stereocenters. The van der Waals surface area contributed by atoms with Crippen molar-refractivity contribution < 1.29 is 18.3 Å². The Morgan fingerprint density at radius 1 is 1.12 bits per heavy atom. The van der Waals surface area contributed by atoms with Crippen molar-refractivity contribution in [2.45, 2.75) is 23.8 Å². The number of hydrogen-bond acceptors (Lipinski definition) is 4. The van der Waals surface area contributed by atoms with Crippen LogP contribution in [0.3, 0.4) is 0 Å². The van der Waals surface area contributed by atoms with E-state index < -0.39 is 10.0 Å². The maximum Gasteiger partial charge on any atom is 0.238 e. The molecular formula is C17H18N2O4S. The van der Waals surface area contributed by atoms with Gasteiger partial charge in [-0.1, -0.05) is 24.3 Å². The quantitative estimate of drug-likeness (QED) is 0.761. The lowest BCUT2D eigenvalue weighted by Gasteiger charge is -2.06. The Hall–Kier alpha value is -2.38. The molecule has 24 heavy (non-hydrogen) atoms. The number of phenols is 1. The van der Waals surface area contributed by atoms with Crippen LogP contribution in [0.25, 0.3) is 0 Å². The minimum absolute atomic E-state index is 0.0244. The molecule has 0 aromatic heterocycles. The normalized spacial score (nSPS) is 19.7. The number of nitrogens with two attached hydrogens (primary N) is 1. The lowest BCUT2D eigenvalue weighted by Crippen LogP contribution is -2.24. The van der Waals surface area contributed by atoms with E-state index in [0.29, 0.717) is 6.54 Å². The molecule has 6 nitrogen and oxygen atoms in total. The largest absolute Gasteiger partial charge is 0.508 e. The van der Waals surface area contributed by atoms with Crippen molar-refractivity contribution in [3.8, 4) is 5.75 Å². The first kappa shape index (κ1) is 16.5. The number of benzene rings is 2. The highest BCUT2D eigenvalue weighted by atomic mass is 32.2. The molecule has 2 atom stereocenters. The number of primary sulfonamides is 1. The zero-order valence-electron chi connectivity index (χ0n) is 12.8. The van der Waals surface area contributed by atoms with Crippen LogP contribution in [0.1, 0.15) is 23.5 Å². The molecule has 1 amide bonds. The van der Waals surface area contributed by atoms with Crippen LogP contribution in [-0.4, -0.2) is 19.4 Å². The molecule has 1 aliphatic rings. The summed E-state index contributed by atoms with van der Waals surface area (Å²) in [7, 11) is -3.70. The lowest BCUT2D eigenvalue weighted by molar-refractivity contribution is -0.122. The smallest absolute Gasteiger partial charge is 0.238 e. The summed E-state index contributed by atoms with van der Waals surface area (Å²) in [5.74, 6) is 0.320. The van der Waals surface area contributed by atoms with E-state index >= 15 is 0 Å². The van der Waals surface area contributed by atoms with Gasteiger partial charge in [0, 0.05) is 12.5 Å². The van der Waals surface area contributed by atoms with Gasteiger partial charge in [0.1, 0.15) is 5.75 Å². The summed E-state index contributed by atoms with van der Waals surface area (Å²) in [6, 6.07) is 13.0. The first-order valence-corrected chi connectivity index (χ1v) is 9.07. The van der Waals surface area contributed by atoms with Gasteiger partial charge in [0.15, 0.2) is 0 Å². The van der Waals surface area contributed by atoms with Gasteiger partial charge in [0.2, 0.25) is 15.9 Å². The molecule has 1 aliphatic carbocycles. The highest BCUT2D eigenvalue weighted by molar-refractivity contribution is 7.89. The number of amides is 1. The summed E-state index contributed by atoms with van der Waals surface area (Å²) in [4.78, 5) is 12.2. The van der Waals surface area contributed by atoms with Gasteiger partial charge in [-0.15, -0.1) is 0 Å². The van der Waals surface area contributed by atoms with Gasteiger partial charge in [-0.25, -0.2) is 13.6 Å². The minimum Gasteiger partial charge on any atom is -0.508 e.